The average molecular weight is 210 g/mol. The van der Waals surface area contributed by atoms with E-state index in [4.69, 9.17) is 11.6 Å². The van der Waals surface area contributed by atoms with Crippen molar-refractivity contribution in [1.82, 2.24) is 0 Å². The van der Waals surface area contributed by atoms with Crippen molar-refractivity contribution in [1.29, 1.82) is 0 Å². The highest BCUT2D eigenvalue weighted by atomic mass is 35.5. The van der Waals surface area contributed by atoms with Crippen molar-refractivity contribution in [3.05, 3.63) is 28.8 Å². The molecule has 0 atom stereocenters. The number of nitrogens with one attached hydrogen (secondary N) is 1. The first kappa shape index (κ1) is 9.85. The van der Waals surface area contributed by atoms with E-state index in [-0.39, 0.29) is 0 Å². The first-order valence-electron chi connectivity index (χ1n) is 5.26. The molecule has 2 heteroatoms. The van der Waals surface area contributed by atoms with Crippen LogP contribution in [-0.4, -0.2) is 6.54 Å². The Morgan fingerprint density at radius 3 is 2.79 bits per heavy atom. The fourth-order valence-electron chi connectivity index (χ4n) is 1.80. The molecule has 1 aliphatic carbocycles. The molecule has 0 radical (unpaired) electrons. The van der Waals surface area contributed by atoms with Gasteiger partial charge in [-0.05, 0) is 37.3 Å². The van der Waals surface area contributed by atoms with Crippen LogP contribution in [0.5, 0.6) is 0 Å². The summed E-state index contributed by atoms with van der Waals surface area (Å²) in [6, 6.07) is 6.03. The number of hydrogen-bond acceptors (Lipinski definition) is 1. The maximum atomic E-state index is 6.11. The molecule has 0 amide bonds. The van der Waals surface area contributed by atoms with Crippen LogP contribution in [0.2, 0.25) is 5.02 Å². The van der Waals surface area contributed by atoms with Crippen LogP contribution in [-0.2, 0) is 0 Å². The highest BCUT2D eigenvalue weighted by Gasteiger charge is 2.17. The van der Waals surface area contributed by atoms with Crippen molar-refractivity contribution in [2.75, 3.05) is 11.9 Å². The van der Waals surface area contributed by atoms with E-state index in [9.17, 15) is 0 Å². The second-order valence-corrected chi connectivity index (χ2v) is 4.52. The summed E-state index contributed by atoms with van der Waals surface area (Å²) in [6.45, 7) is 3.17. The number of para-hydroxylation sites is 1. The highest BCUT2D eigenvalue weighted by molar-refractivity contribution is 6.33. The van der Waals surface area contributed by atoms with Gasteiger partial charge in [0.2, 0.25) is 0 Å². The molecular formula is C12H16ClN. The molecule has 1 aromatic carbocycles. The third-order valence-electron chi connectivity index (χ3n) is 3.01. The molecule has 1 saturated carbocycles. The molecule has 1 aromatic rings. The topological polar surface area (TPSA) is 12.0 Å². The quantitative estimate of drug-likeness (QED) is 0.797. The number of aryl methyl sites for hydroxylation is 1. The highest BCUT2D eigenvalue weighted by Crippen LogP contribution is 2.29. The Morgan fingerprint density at radius 1 is 1.43 bits per heavy atom. The van der Waals surface area contributed by atoms with E-state index in [1.54, 1.807) is 0 Å². The van der Waals surface area contributed by atoms with Gasteiger partial charge in [0.1, 0.15) is 0 Å². The Hall–Kier alpha value is -0.690. The molecular weight excluding hydrogens is 194 g/mol. The van der Waals surface area contributed by atoms with Crippen molar-refractivity contribution in [2.24, 2.45) is 5.92 Å². The lowest BCUT2D eigenvalue weighted by Crippen LogP contribution is -2.21. The zero-order chi connectivity index (χ0) is 9.97. The molecule has 0 unspecified atom stereocenters. The number of benzene rings is 1. The molecule has 1 fully saturated rings. The van der Waals surface area contributed by atoms with Gasteiger partial charge in [-0.25, -0.2) is 0 Å². The number of hydrogen-bond donors (Lipinski definition) is 1. The van der Waals surface area contributed by atoms with Gasteiger partial charge < -0.3 is 5.32 Å². The van der Waals surface area contributed by atoms with Gasteiger partial charge in [-0.1, -0.05) is 30.2 Å². The smallest absolute Gasteiger partial charge is 0.0640 e. The van der Waals surface area contributed by atoms with Gasteiger partial charge in [0.15, 0.2) is 0 Å². The lowest BCUT2D eigenvalue weighted by Gasteiger charge is -2.26. The van der Waals surface area contributed by atoms with Crippen LogP contribution >= 0.6 is 11.6 Å². The minimum Gasteiger partial charge on any atom is -0.383 e. The third kappa shape index (κ3) is 2.03. The molecule has 1 aliphatic rings. The van der Waals surface area contributed by atoms with Crippen LogP contribution in [0.1, 0.15) is 24.8 Å². The lowest BCUT2D eigenvalue weighted by molar-refractivity contribution is 0.333. The molecule has 2 rings (SSSR count). The van der Waals surface area contributed by atoms with Crippen LogP contribution in [0.15, 0.2) is 18.2 Å². The number of rotatable bonds is 3. The van der Waals surface area contributed by atoms with E-state index in [0.717, 1.165) is 23.2 Å². The predicted molar refractivity (Wildman–Crippen MR) is 62.0 cm³/mol. The standard InChI is InChI=1S/C12H16ClN/c1-9-4-2-7-11(13)12(9)14-8-10-5-3-6-10/h2,4,7,10,14H,3,5-6,8H2,1H3. The zero-order valence-corrected chi connectivity index (χ0v) is 9.27. The largest absolute Gasteiger partial charge is 0.383 e. The third-order valence-corrected chi connectivity index (χ3v) is 3.33. The normalized spacial score (nSPS) is 16.4. The summed E-state index contributed by atoms with van der Waals surface area (Å²) < 4.78 is 0. The average Bonchev–Trinajstić information content (AvgIpc) is 2.07. The van der Waals surface area contributed by atoms with Crippen molar-refractivity contribution in [3.63, 3.8) is 0 Å². The first-order valence-corrected chi connectivity index (χ1v) is 5.64. The van der Waals surface area contributed by atoms with Gasteiger partial charge in [0.05, 0.1) is 10.7 Å². The number of halogens is 1. The van der Waals surface area contributed by atoms with E-state index < -0.39 is 0 Å². The summed E-state index contributed by atoms with van der Waals surface area (Å²) in [5.41, 5.74) is 2.35. The molecule has 1 nitrogen and oxygen atoms in total. The molecule has 14 heavy (non-hydrogen) atoms. The van der Waals surface area contributed by atoms with Crippen LogP contribution in [0.25, 0.3) is 0 Å². The predicted octanol–water partition coefficient (Wildman–Crippen LogP) is 3.86. The zero-order valence-electron chi connectivity index (χ0n) is 8.52. The van der Waals surface area contributed by atoms with Gasteiger partial charge in [-0.15, -0.1) is 0 Å². The minimum absolute atomic E-state index is 0.837. The summed E-state index contributed by atoms with van der Waals surface area (Å²) in [7, 11) is 0. The summed E-state index contributed by atoms with van der Waals surface area (Å²) in [5, 5.41) is 4.29. The van der Waals surface area contributed by atoms with Crippen LogP contribution in [0.4, 0.5) is 5.69 Å². The van der Waals surface area contributed by atoms with Crippen LogP contribution in [0.3, 0.4) is 0 Å². The SMILES string of the molecule is Cc1cccc(Cl)c1NCC1CCC1. The van der Waals surface area contributed by atoms with Crippen molar-refractivity contribution < 1.29 is 0 Å². The Balaban J connectivity index is 2.00. The summed E-state index contributed by atoms with van der Waals surface area (Å²) in [5.74, 6) is 0.866. The maximum absolute atomic E-state index is 6.11. The van der Waals surface area contributed by atoms with E-state index in [2.05, 4.69) is 18.3 Å². The Kier molecular flexibility index (Phi) is 2.97. The molecule has 0 aromatic heterocycles. The van der Waals surface area contributed by atoms with Crippen LogP contribution < -0.4 is 5.32 Å². The number of anilines is 1. The molecule has 0 bridgehead atoms. The van der Waals surface area contributed by atoms with Crippen LogP contribution in [0, 0.1) is 12.8 Å². The van der Waals surface area contributed by atoms with E-state index in [1.807, 2.05) is 12.1 Å². The Labute approximate surface area is 90.5 Å². The second kappa shape index (κ2) is 4.22. The lowest BCUT2D eigenvalue weighted by atomic mass is 9.85. The molecule has 1 N–H and O–H groups in total. The van der Waals surface area contributed by atoms with Crippen molar-refractivity contribution in [2.45, 2.75) is 26.2 Å². The summed E-state index contributed by atoms with van der Waals surface area (Å²) in [4.78, 5) is 0. The summed E-state index contributed by atoms with van der Waals surface area (Å²) >= 11 is 6.11. The van der Waals surface area contributed by atoms with Gasteiger partial charge in [0, 0.05) is 6.54 Å². The molecule has 76 valence electrons. The van der Waals surface area contributed by atoms with Gasteiger partial charge >= 0.3 is 0 Å². The van der Waals surface area contributed by atoms with E-state index >= 15 is 0 Å². The fraction of sp³-hybridized carbons (Fsp3) is 0.500. The maximum Gasteiger partial charge on any atom is 0.0640 e. The molecule has 0 saturated heterocycles. The van der Waals surface area contributed by atoms with Crippen molar-refractivity contribution in [3.8, 4) is 0 Å². The molecule has 0 spiro atoms. The van der Waals surface area contributed by atoms with E-state index in [1.165, 1.54) is 24.8 Å². The first-order chi connectivity index (χ1) is 6.77. The monoisotopic (exact) mass is 209 g/mol. The van der Waals surface area contributed by atoms with Gasteiger partial charge in [-0.3, -0.25) is 0 Å². The van der Waals surface area contributed by atoms with Crippen molar-refractivity contribution >= 4 is 17.3 Å². The Bertz CT molecular complexity index is 298. The second-order valence-electron chi connectivity index (χ2n) is 4.11. The molecule has 0 aliphatic heterocycles. The fourth-order valence-corrected chi connectivity index (χ4v) is 2.09. The van der Waals surface area contributed by atoms with Gasteiger partial charge in [0.25, 0.3) is 0 Å². The molecule has 0 heterocycles. The minimum atomic E-state index is 0.837. The van der Waals surface area contributed by atoms with E-state index in [0.29, 0.717) is 0 Å². The Morgan fingerprint density at radius 2 is 2.21 bits per heavy atom. The van der Waals surface area contributed by atoms with Gasteiger partial charge in [-0.2, -0.15) is 0 Å². The summed E-state index contributed by atoms with van der Waals surface area (Å²) in [6.07, 6.45) is 4.14.